The Morgan fingerprint density at radius 3 is 2.56 bits per heavy atom. The molecule has 1 atom stereocenters. The molecule has 0 bridgehead atoms. The summed E-state index contributed by atoms with van der Waals surface area (Å²) in [5, 5.41) is 10.3. The first-order valence-corrected chi connectivity index (χ1v) is 10.2. The third-order valence-corrected chi connectivity index (χ3v) is 6.14. The molecule has 0 radical (unpaired) electrons. The lowest BCUT2D eigenvalue weighted by Crippen LogP contribution is -2.34. The fourth-order valence-electron chi connectivity index (χ4n) is 3.67. The molecular weight excluding hydrogens is 360 g/mol. The van der Waals surface area contributed by atoms with Crippen LogP contribution in [-0.2, 0) is 13.0 Å². The summed E-state index contributed by atoms with van der Waals surface area (Å²) in [6.45, 7) is 6.50. The molecule has 27 heavy (non-hydrogen) atoms. The van der Waals surface area contributed by atoms with Crippen LogP contribution in [0.15, 0.2) is 49.4 Å². The zero-order valence-corrected chi connectivity index (χ0v) is 16.9. The number of benzene rings is 1. The molecule has 0 amide bonds. The highest BCUT2D eigenvalue weighted by Gasteiger charge is 2.22. The smallest absolute Gasteiger partial charge is 0.329 e. The van der Waals surface area contributed by atoms with Crippen LogP contribution < -0.4 is 11.2 Å². The quantitative estimate of drug-likeness (QED) is 0.591. The van der Waals surface area contributed by atoms with Crippen molar-refractivity contribution in [2.45, 2.75) is 56.5 Å². The molecule has 0 aliphatic heterocycles. The Kier molecular flexibility index (Phi) is 6.07. The lowest BCUT2D eigenvalue weighted by molar-refractivity contribution is 0.242. The second-order valence-electron chi connectivity index (χ2n) is 7.14. The van der Waals surface area contributed by atoms with Crippen LogP contribution in [0.5, 0.6) is 0 Å². The third-order valence-electron chi connectivity index (χ3n) is 5.01. The first-order chi connectivity index (χ1) is 12.9. The highest BCUT2D eigenvalue weighted by atomic mass is 32.2. The topological polar surface area (TPSA) is 75.1 Å². The number of aromatic amines is 1. The zero-order valence-electron chi connectivity index (χ0n) is 16.0. The summed E-state index contributed by atoms with van der Waals surface area (Å²) in [5.41, 5.74) is 3.27. The fourth-order valence-corrected chi connectivity index (χ4v) is 5.01. The summed E-state index contributed by atoms with van der Waals surface area (Å²) in [6.07, 6.45) is 4.48. The average Bonchev–Trinajstić information content (AvgIpc) is 3.04. The molecule has 1 heterocycles. The Morgan fingerprint density at radius 2 is 1.93 bits per heavy atom. The van der Waals surface area contributed by atoms with Crippen LogP contribution in [-0.4, -0.2) is 21.3 Å². The Balaban J connectivity index is 2.09. The molecule has 3 rings (SSSR count). The Labute approximate surface area is 163 Å². The second kappa shape index (κ2) is 8.31. The number of nitrogens with one attached hydrogen (secondary N) is 1. The minimum atomic E-state index is -0.395. The van der Waals surface area contributed by atoms with E-state index in [1.165, 1.54) is 11.8 Å². The predicted molar refractivity (Wildman–Crippen MR) is 109 cm³/mol. The highest BCUT2D eigenvalue weighted by molar-refractivity contribution is 7.99. The van der Waals surface area contributed by atoms with E-state index in [0.717, 1.165) is 34.4 Å². The maximum Gasteiger partial charge on any atom is 0.329 e. The molecule has 1 aromatic heterocycles. The van der Waals surface area contributed by atoms with Gasteiger partial charge in [0.15, 0.2) is 0 Å². The highest BCUT2D eigenvalue weighted by Crippen LogP contribution is 2.32. The molecular formula is C21H26N2O3S. The standard InChI is InChI=1S/C21H26N2O3S/c1-4-18-19(25)22-21(26)23(11-15-6-5-7-16(15)12-24)20(18)27-17-9-13(2)8-14(3)10-17/h6,8-10,16,24H,4-5,7,11-12H2,1-3H3,(H,22,25,26). The van der Waals surface area contributed by atoms with Crippen LogP contribution >= 0.6 is 11.8 Å². The maximum absolute atomic E-state index is 12.6. The number of H-pyrrole nitrogens is 1. The van der Waals surface area contributed by atoms with E-state index in [9.17, 15) is 14.7 Å². The van der Waals surface area contributed by atoms with Crippen molar-refractivity contribution in [1.29, 1.82) is 0 Å². The van der Waals surface area contributed by atoms with Gasteiger partial charge in [0.1, 0.15) is 0 Å². The van der Waals surface area contributed by atoms with E-state index < -0.39 is 5.69 Å². The van der Waals surface area contributed by atoms with E-state index >= 15 is 0 Å². The molecule has 1 aliphatic rings. The van der Waals surface area contributed by atoms with Crippen molar-refractivity contribution in [1.82, 2.24) is 9.55 Å². The van der Waals surface area contributed by atoms with E-state index in [2.05, 4.69) is 29.3 Å². The van der Waals surface area contributed by atoms with Crippen LogP contribution in [0.4, 0.5) is 0 Å². The molecule has 2 N–H and O–H groups in total. The van der Waals surface area contributed by atoms with Gasteiger partial charge in [0.05, 0.1) is 5.03 Å². The molecule has 0 fully saturated rings. The van der Waals surface area contributed by atoms with Crippen molar-refractivity contribution in [3.8, 4) is 0 Å². The van der Waals surface area contributed by atoms with Crippen LogP contribution in [0.2, 0.25) is 0 Å². The first kappa shape index (κ1) is 19.7. The van der Waals surface area contributed by atoms with E-state index in [0.29, 0.717) is 23.6 Å². The number of aliphatic hydroxyl groups excluding tert-OH is 1. The molecule has 5 nitrogen and oxygen atoms in total. The summed E-state index contributed by atoms with van der Waals surface area (Å²) in [4.78, 5) is 28.5. The molecule has 0 saturated carbocycles. The van der Waals surface area contributed by atoms with Gasteiger partial charge < -0.3 is 5.11 Å². The number of aromatic nitrogens is 2. The van der Waals surface area contributed by atoms with Crippen LogP contribution in [0, 0.1) is 19.8 Å². The van der Waals surface area contributed by atoms with Crippen molar-refractivity contribution in [2.24, 2.45) is 5.92 Å². The van der Waals surface area contributed by atoms with Gasteiger partial charge in [-0.15, -0.1) is 0 Å². The molecule has 1 unspecified atom stereocenters. The molecule has 6 heteroatoms. The van der Waals surface area contributed by atoms with Gasteiger partial charge in [-0.2, -0.15) is 0 Å². The van der Waals surface area contributed by atoms with Crippen LogP contribution in [0.1, 0.15) is 36.5 Å². The monoisotopic (exact) mass is 386 g/mol. The number of hydrogen-bond donors (Lipinski definition) is 2. The summed E-state index contributed by atoms with van der Waals surface area (Å²) < 4.78 is 1.66. The number of hydrogen-bond acceptors (Lipinski definition) is 4. The Hall–Kier alpha value is -2.05. The van der Waals surface area contributed by atoms with Gasteiger partial charge in [0.2, 0.25) is 0 Å². The van der Waals surface area contributed by atoms with Crippen molar-refractivity contribution in [3.63, 3.8) is 0 Å². The lowest BCUT2D eigenvalue weighted by atomic mass is 10.0. The summed E-state index contributed by atoms with van der Waals surface area (Å²) in [5.74, 6) is 0.0907. The normalized spacial score (nSPS) is 16.6. The molecule has 1 aromatic carbocycles. The Morgan fingerprint density at radius 1 is 1.22 bits per heavy atom. The maximum atomic E-state index is 12.6. The van der Waals surface area contributed by atoms with Crippen molar-refractivity contribution >= 4 is 11.8 Å². The van der Waals surface area contributed by atoms with E-state index in [4.69, 9.17) is 0 Å². The van der Waals surface area contributed by atoms with E-state index in [-0.39, 0.29) is 18.1 Å². The molecule has 144 valence electrons. The number of rotatable bonds is 6. The van der Waals surface area contributed by atoms with Crippen LogP contribution in [0.3, 0.4) is 0 Å². The van der Waals surface area contributed by atoms with E-state index in [1.807, 2.05) is 20.8 Å². The minimum Gasteiger partial charge on any atom is -0.396 e. The van der Waals surface area contributed by atoms with Crippen molar-refractivity contribution in [2.75, 3.05) is 6.61 Å². The van der Waals surface area contributed by atoms with Gasteiger partial charge in [-0.25, -0.2) is 4.79 Å². The van der Waals surface area contributed by atoms with Crippen LogP contribution in [0.25, 0.3) is 0 Å². The minimum absolute atomic E-state index is 0.0874. The van der Waals surface area contributed by atoms with Crippen molar-refractivity contribution in [3.05, 3.63) is 67.4 Å². The zero-order chi connectivity index (χ0) is 19.6. The number of nitrogens with zero attached hydrogens (tertiary/aromatic N) is 1. The van der Waals surface area contributed by atoms with Gasteiger partial charge in [-0.1, -0.05) is 30.8 Å². The fraction of sp³-hybridized carbons (Fsp3) is 0.429. The number of aliphatic hydroxyl groups is 1. The van der Waals surface area contributed by atoms with Gasteiger partial charge in [-0.05, 0) is 61.9 Å². The van der Waals surface area contributed by atoms with Crippen molar-refractivity contribution < 1.29 is 5.11 Å². The third kappa shape index (κ3) is 4.28. The Bertz CT molecular complexity index is 968. The average molecular weight is 387 g/mol. The SMILES string of the molecule is CCc1c(Sc2cc(C)cc(C)c2)n(CC2=CCCC2CO)c(=O)[nH]c1=O. The lowest BCUT2D eigenvalue weighted by Gasteiger charge is -2.18. The molecule has 0 spiro atoms. The summed E-state index contributed by atoms with van der Waals surface area (Å²) in [6, 6.07) is 6.24. The number of allylic oxidation sites excluding steroid dienone is 1. The summed E-state index contributed by atoms with van der Waals surface area (Å²) in [7, 11) is 0. The largest absolute Gasteiger partial charge is 0.396 e. The van der Waals surface area contributed by atoms with Gasteiger partial charge in [-0.3, -0.25) is 14.3 Å². The predicted octanol–water partition coefficient (Wildman–Crippen LogP) is 3.20. The second-order valence-corrected chi connectivity index (χ2v) is 8.21. The first-order valence-electron chi connectivity index (χ1n) is 9.34. The molecule has 1 aliphatic carbocycles. The number of aryl methyl sites for hydroxylation is 2. The molecule has 0 saturated heterocycles. The summed E-state index contributed by atoms with van der Waals surface area (Å²) >= 11 is 1.47. The molecule has 2 aromatic rings. The van der Waals surface area contributed by atoms with Gasteiger partial charge >= 0.3 is 5.69 Å². The van der Waals surface area contributed by atoms with Gasteiger partial charge in [0, 0.05) is 29.5 Å². The van der Waals surface area contributed by atoms with E-state index in [1.54, 1.807) is 4.57 Å². The van der Waals surface area contributed by atoms with Gasteiger partial charge in [0.25, 0.3) is 5.56 Å².